The zero-order valence-electron chi connectivity index (χ0n) is 17.4. The average Bonchev–Trinajstić information content (AvgIpc) is 3.62. The second kappa shape index (κ2) is 10.2. The molecule has 33 heavy (non-hydrogen) atoms. The highest BCUT2D eigenvalue weighted by atomic mass is 32.1. The second-order valence-corrected chi connectivity index (χ2v) is 8.13. The number of benzene rings is 1. The molecule has 0 spiro atoms. The van der Waals surface area contributed by atoms with Crippen LogP contribution < -0.4 is 5.32 Å². The molecule has 3 aromatic rings. The monoisotopic (exact) mass is 467 g/mol. The van der Waals surface area contributed by atoms with Crippen LogP contribution >= 0.6 is 11.3 Å². The lowest BCUT2D eigenvalue weighted by Crippen LogP contribution is -2.45. The fraction of sp³-hybridized carbons (Fsp3) is 0.217. The molecule has 0 aliphatic carbocycles. The van der Waals surface area contributed by atoms with Crippen molar-refractivity contribution in [2.45, 2.75) is 18.5 Å². The molecule has 1 aliphatic rings. The third-order valence-corrected chi connectivity index (χ3v) is 5.91. The number of hydrogen-bond donors (Lipinski definition) is 2. The van der Waals surface area contributed by atoms with Crippen LogP contribution in [0.4, 0.5) is 0 Å². The van der Waals surface area contributed by atoms with E-state index in [1.807, 2.05) is 17.5 Å². The summed E-state index contributed by atoms with van der Waals surface area (Å²) in [6, 6.07) is 13.8. The van der Waals surface area contributed by atoms with Crippen molar-refractivity contribution in [1.29, 1.82) is 0 Å². The van der Waals surface area contributed by atoms with Crippen LogP contribution in [0.2, 0.25) is 0 Å². The van der Waals surface area contributed by atoms with Crippen molar-refractivity contribution in [3.8, 4) is 0 Å². The Hall–Kier alpha value is -3.76. The Labute approximate surface area is 193 Å². The van der Waals surface area contributed by atoms with E-state index in [0.29, 0.717) is 17.7 Å². The normalized spacial score (nSPS) is 16.2. The van der Waals surface area contributed by atoms with E-state index in [4.69, 9.17) is 9.15 Å². The fourth-order valence-electron chi connectivity index (χ4n) is 3.34. The van der Waals surface area contributed by atoms with Crippen LogP contribution in [0.15, 0.2) is 75.8 Å². The number of carbonyl (C=O) groups excluding carboxylic acids is 3. The first kappa shape index (κ1) is 22.4. The SMILES string of the molecule is O=C(NC(CO)C(=O)OCC(=O)N1N=C(c2cccs2)CC1c1ccco1)c1ccccc1. The van der Waals surface area contributed by atoms with E-state index in [1.165, 1.54) is 22.6 Å². The second-order valence-electron chi connectivity index (χ2n) is 7.18. The summed E-state index contributed by atoms with van der Waals surface area (Å²) in [4.78, 5) is 38.5. The highest BCUT2D eigenvalue weighted by molar-refractivity contribution is 7.12. The lowest BCUT2D eigenvalue weighted by atomic mass is 10.1. The molecule has 9 nitrogen and oxygen atoms in total. The predicted molar refractivity (Wildman–Crippen MR) is 120 cm³/mol. The molecule has 4 rings (SSSR count). The van der Waals surface area contributed by atoms with Gasteiger partial charge in [-0.25, -0.2) is 9.80 Å². The third-order valence-electron chi connectivity index (χ3n) is 4.99. The Morgan fingerprint density at radius 3 is 2.67 bits per heavy atom. The number of ether oxygens (including phenoxy) is 1. The molecule has 2 atom stereocenters. The molecular formula is C23H21N3O6S. The number of hydrazone groups is 1. The van der Waals surface area contributed by atoms with Gasteiger partial charge in [-0.2, -0.15) is 5.10 Å². The maximum atomic E-state index is 12.9. The molecule has 2 N–H and O–H groups in total. The van der Waals surface area contributed by atoms with Crippen molar-refractivity contribution >= 4 is 34.8 Å². The van der Waals surface area contributed by atoms with Crippen molar-refractivity contribution < 1.29 is 28.6 Å². The fourth-order valence-corrected chi connectivity index (χ4v) is 4.07. The van der Waals surface area contributed by atoms with Crippen LogP contribution in [0.25, 0.3) is 0 Å². The molecular weight excluding hydrogens is 446 g/mol. The Balaban J connectivity index is 1.40. The number of esters is 1. The van der Waals surface area contributed by atoms with E-state index in [-0.39, 0.29) is 0 Å². The minimum atomic E-state index is -1.31. The Kier molecular flexibility index (Phi) is 6.96. The maximum absolute atomic E-state index is 12.9. The van der Waals surface area contributed by atoms with Crippen molar-refractivity contribution in [3.63, 3.8) is 0 Å². The van der Waals surface area contributed by atoms with Gasteiger partial charge in [0.2, 0.25) is 0 Å². The summed E-state index contributed by atoms with van der Waals surface area (Å²) in [5.74, 6) is -1.46. The molecule has 0 saturated carbocycles. The zero-order chi connectivity index (χ0) is 23.2. The number of carbonyl (C=O) groups is 3. The van der Waals surface area contributed by atoms with Gasteiger partial charge >= 0.3 is 5.97 Å². The van der Waals surface area contributed by atoms with Gasteiger partial charge in [-0.1, -0.05) is 24.3 Å². The summed E-state index contributed by atoms with van der Waals surface area (Å²) in [6.07, 6.45) is 1.97. The van der Waals surface area contributed by atoms with Crippen LogP contribution in [-0.4, -0.2) is 52.9 Å². The van der Waals surface area contributed by atoms with Crippen LogP contribution in [0.3, 0.4) is 0 Å². The van der Waals surface area contributed by atoms with E-state index in [1.54, 1.807) is 42.5 Å². The van der Waals surface area contributed by atoms with Crippen molar-refractivity contribution in [3.05, 3.63) is 82.4 Å². The molecule has 1 aromatic carbocycles. The Morgan fingerprint density at radius 1 is 1.18 bits per heavy atom. The lowest BCUT2D eigenvalue weighted by molar-refractivity contribution is -0.155. The highest BCUT2D eigenvalue weighted by Crippen LogP contribution is 2.34. The first-order valence-electron chi connectivity index (χ1n) is 10.2. The number of furan rings is 1. The minimum absolute atomic E-state index is 0.327. The smallest absolute Gasteiger partial charge is 0.331 e. The molecule has 3 heterocycles. The van der Waals surface area contributed by atoms with Crippen molar-refractivity contribution in [2.75, 3.05) is 13.2 Å². The highest BCUT2D eigenvalue weighted by Gasteiger charge is 2.36. The standard InChI is InChI=1S/C23H21N3O6S/c27-13-17(24-22(29)15-6-2-1-3-7-15)23(30)32-14-21(28)26-18(19-8-4-10-31-19)12-16(25-26)20-9-5-11-33-20/h1-11,17-18,27H,12-14H2,(H,24,29). The number of aliphatic hydroxyl groups is 1. The Morgan fingerprint density at radius 2 is 2.00 bits per heavy atom. The van der Waals surface area contributed by atoms with Crippen LogP contribution in [0.5, 0.6) is 0 Å². The van der Waals surface area contributed by atoms with Crippen LogP contribution in [0, 0.1) is 0 Å². The number of nitrogens with zero attached hydrogens (tertiary/aromatic N) is 2. The van der Waals surface area contributed by atoms with E-state index in [9.17, 15) is 19.5 Å². The van der Waals surface area contributed by atoms with Crippen LogP contribution in [0.1, 0.15) is 33.5 Å². The molecule has 0 radical (unpaired) electrons. The van der Waals surface area contributed by atoms with E-state index in [2.05, 4.69) is 10.4 Å². The zero-order valence-corrected chi connectivity index (χ0v) is 18.2. The largest absolute Gasteiger partial charge is 0.467 e. The van der Waals surface area contributed by atoms with Gasteiger partial charge in [0, 0.05) is 12.0 Å². The summed E-state index contributed by atoms with van der Waals surface area (Å²) in [7, 11) is 0. The first-order chi connectivity index (χ1) is 16.1. The van der Waals surface area contributed by atoms with Gasteiger partial charge in [0.05, 0.1) is 23.5 Å². The maximum Gasteiger partial charge on any atom is 0.331 e. The molecule has 170 valence electrons. The molecule has 2 aromatic heterocycles. The summed E-state index contributed by atoms with van der Waals surface area (Å²) in [5.41, 5.74) is 1.06. The summed E-state index contributed by atoms with van der Waals surface area (Å²) in [6.45, 7) is -1.28. The summed E-state index contributed by atoms with van der Waals surface area (Å²) in [5, 5.41) is 19.5. The quantitative estimate of drug-likeness (QED) is 0.491. The molecule has 0 saturated heterocycles. The number of rotatable bonds is 8. The molecule has 2 amide bonds. The number of hydrogen-bond acceptors (Lipinski definition) is 8. The third kappa shape index (κ3) is 5.18. The van der Waals surface area contributed by atoms with E-state index >= 15 is 0 Å². The summed E-state index contributed by atoms with van der Waals surface area (Å²) >= 11 is 1.51. The molecule has 10 heteroatoms. The topological polar surface area (TPSA) is 121 Å². The van der Waals surface area contributed by atoms with E-state index in [0.717, 1.165) is 10.6 Å². The number of aliphatic hydroxyl groups excluding tert-OH is 1. The first-order valence-corrected chi connectivity index (χ1v) is 11.0. The van der Waals surface area contributed by atoms with Gasteiger partial charge in [-0.15, -0.1) is 11.3 Å². The number of thiophene rings is 1. The summed E-state index contributed by atoms with van der Waals surface area (Å²) < 4.78 is 10.6. The minimum Gasteiger partial charge on any atom is -0.467 e. The average molecular weight is 468 g/mol. The molecule has 0 bridgehead atoms. The van der Waals surface area contributed by atoms with E-state index < -0.39 is 43.1 Å². The number of nitrogens with one attached hydrogen (secondary N) is 1. The Bertz CT molecular complexity index is 1130. The predicted octanol–water partition coefficient (Wildman–Crippen LogP) is 2.35. The van der Waals surface area contributed by atoms with Gasteiger partial charge in [-0.3, -0.25) is 9.59 Å². The number of amides is 2. The molecule has 1 aliphatic heterocycles. The van der Waals surface area contributed by atoms with Crippen molar-refractivity contribution in [2.24, 2.45) is 5.10 Å². The van der Waals surface area contributed by atoms with Gasteiger partial charge in [0.1, 0.15) is 11.8 Å². The molecule has 2 unspecified atom stereocenters. The van der Waals surface area contributed by atoms with Gasteiger partial charge < -0.3 is 19.6 Å². The molecule has 0 fully saturated rings. The van der Waals surface area contributed by atoms with Gasteiger partial charge in [0.15, 0.2) is 12.6 Å². The van der Waals surface area contributed by atoms with Crippen LogP contribution in [-0.2, 0) is 14.3 Å². The van der Waals surface area contributed by atoms with Gasteiger partial charge in [0.25, 0.3) is 11.8 Å². The lowest BCUT2D eigenvalue weighted by Gasteiger charge is -2.20. The van der Waals surface area contributed by atoms with Gasteiger partial charge in [-0.05, 0) is 35.7 Å². The van der Waals surface area contributed by atoms with Crippen molar-refractivity contribution in [1.82, 2.24) is 10.3 Å².